The van der Waals surface area contributed by atoms with E-state index in [0.29, 0.717) is 11.8 Å². The highest BCUT2D eigenvalue weighted by Crippen LogP contribution is 2.59. The van der Waals surface area contributed by atoms with Crippen LogP contribution in [0.3, 0.4) is 0 Å². The highest BCUT2D eigenvalue weighted by atomic mass is 16.3. The van der Waals surface area contributed by atoms with Gasteiger partial charge in [0.05, 0.1) is 28.0 Å². The summed E-state index contributed by atoms with van der Waals surface area (Å²) < 4.78 is 11.9. The molecule has 11 rings (SSSR count). The maximum absolute atomic E-state index is 6.75. The molecule has 55 heavy (non-hydrogen) atoms. The second-order valence-electron chi connectivity index (χ2n) is 17.6. The summed E-state index contributed by atoms with van der Waals surface area (Å²) in [5, 5.41) is 2.48. The van der Waals surface area contributed by atoms with Gasteiger partial charge in [0.25, 0.3) is 5.82 Å². The van der Waals surface area contributed by atoms with Gasteiger partial charge in [0.1, 0.15) is 41.5 Å². The van der Waals surface area contributed by atoms with E-state index in [-0.39, 0.29) is 23.5 Å². The van der Waals surface area contributed by atoms with E-state index in [9.17, 15) is 0 Å². The Labute approximate surface area is 324 Å². The highest BCUT2D eigenvalue weighted by Gasteiger charge is 2.51. The fraction of sp³-hybridized carbons (Fsp3) is 0.300. The third-order valence-corrected chi connectivity index (χ3v) is 13.7. The molecule has 4 aliphatic heterocycles. The molecule has 3 unspecified atom stereocenters. The number of anilines is 3. The average Bonchev–Trinajstić information content (AvgIpc) is 3.88. The first kappa shape index (κ1) is 32.8. The number of imidazole rings is 1. The van der Waals surface area contributed by atoms with Crippen molar-refractivity contribution < 1.29 is 8.98 Å². The number of hydrogen-bond donors (Lipinski definition) is 0. The van der Waals surface area contributed by atoms with Crippen LogP contribution in [-0.4, -0.2) is 17.8 Å². The van der Waals surface area contributed by atoms with Crippen molar-refractivity contribution in [3.05, 3.63) is 149 Å². The monoisotopic (exact) mass is 721 g/mol. The first-order valence-electron chi connectivity index (χ1n) is 20.2. The maximum atomic E-state index is 6.75. The Morgan fingerprint density at radius 1 is 0.764 bits per heavy atom. The van der Waals surface area contributed by atoms with Gasteiger partial charge >= 0.3 is 0 Å². The number of nitrogens with zero attached hydrogens (tertiary/aromatic N) is 4. The van der Waals surface area contributed by atoms with E-state index >= 15 is 0 Å². The normalized spacial score (nSPS) is 20.4. The lowest BCUT2D eigenvalue weighted by atomic mass is 9.74. The van der Waals surface area contributed by atoms with Gasteiger partial charge in [-0.15, -0.1) is 0 Å². The fourth-order valence-electron chi connectivity index (χ4n) is 11.2. The zero-order chi connectivity index (χ0) is 37.7. The molecular weight excluding hydrogens is 673 g/mol. The first-order chi connectivity index (χ1) is 26.6. The molecule has 0 fully saturated rings. The van der Waals surface area contributed by atoms with Gasteiger partial charge in [0.15, 0.2) is 0 Å². The van der Waals surface area contributed by atoms with Crippen molar-refractivity contribution in [1.82, 2.24) is 4.57 Å². The Balaban J connectivity index is 1.21. The molecule has 2 aromatic heterocycles. The number of furan rings is 1. The van der Waals surface area contributed by atoms with Gasteiger partial charge < -0.3 is 14.2 Å². The molecular formula is C50H49N4O+. The summed E-state index contributed by atoms with van der Waals surface area (Å²) in [5.74, 6) is 2.24. The van der Waals surface area contributed by atoms with Gasteiger partial charge in [-0.3, -0.25) is 0 Å². The molecule has 5 aromatic carbocycles. The number of aryl methyl sites for hydroxylation is 1. The van der Waals surface area contributed by atoms with Crippen LogP contribution in [0.2, 0.25) is 0 Å². The Kier molecular flexibility index (Phi) is 6.72. The molecule has 7 aromatic rings. The van der Waals surface area contributed by atoms with E-state index in [1.165, 1.54) is 83.9 Å². The van der Waals surface area contributed by atoms with Crippen LogP contribution in [0.4, 0.5) is 17.1 Å². The number of para-hydroxylation sites is 2. The summed E-state index contributed by atoms with van der Waals surface area (Å²) in [6, 6.07) is 34.3. The Morgan fingerprint density at radius 3 is 2.25 bits per heavy atom. The Morgan fingerprint density at radius 2 is 1.47 bits per heavy atom. The van der Waals surface area contributed by atoms with Crippen molar-refractivity contribution in [3.8, 4) is 17.1 Å². The lowest BCUT2D eigenvalue weighted by Gasteiger charge is -2.40. The minimum Gasteiger partial charge on any atom is -0.456 e. The van der Waals surface area contributed by atoms with Crippen molar-refractivity contribution in [2.45, 2.75) is 89.8 Å². The van der Waals surface area contributed by atoms with Crippen LogP contribution in [0.5, 0.6) is 0 Å². The van der Waals surface area contributed by atoms with E-state index in [1.807, 2.05) is 0 Å². The minimum atomic E-state index is -0.270. The molecule has 0 spiro atoms. The van der Waals surface area contributed by atoms with E-state index < -0.39 is 0 Å². The number of likely N-dealkylation sites (N-methyl/N-ethyl adjacent to an activating group) is 1. The van der Waals surface area contributed by atoms with E-state index in [2.05, 4.69) is 171 Å². The molecule has 0 saturated heterocycles. The molecule has 0 N–H and O–H groups in total. The van der Waals surface area contributed by atoms with E-state index in [1.54, 1.807) is 0 Å². The van der Waals surface area contributed by atoms with Crippen LogP contribution in [0.15, 0.2) is 120 Å². The number of hydrogen-bond acceptors (Lipinski definition) is 3. The number of fused-ring (bicyclic) bond motifs is 6. The van der Waals surface area contributed by atoms with Crippen LogP contribution in [0, 0.1) is 0 Å². The summed E-state index contributed by atoms with van der Waals surface area (Å²) in [4.78, 5) is 5.19. The second kappa shape index (κ2) is 11.3. The molecule has 5 heteroatoms. The van der Waals surface area contributed by atoms with Crippen molar-refractivity contribution >= 4 is 39.0 Å². The third-order valence-electron chi connectivity index (χ3n) is 13.7. The smallest absolute Gasteiger partial charge is 0.294 e. The van der Waals surface area contributed by atoms with Crippen LogP contribution in [0.25, 0.3) is 39.0 Å². The number of rotatable bonds is 3. The Bertz CT molecular complexity index is 2750. The predicted molar refractivity (Wildman–Crippen MR) is 225 cm³/mol. The summed E-state index contributed by atoms with van der Waals surface area (Å²) >= 11 is 0. The average molecular weight is 722 g/mol. The molecule has 0 saturated carbocycles. The Hall–Kier alpha value is -5.55. The quantitative estimate of drug-likeness (QED) is 0.134. The first-order valence-corrected chi connectivity index (χ1v) is 20.2. The van der Waals surface area contributed by atoms with Crippen molar-refractivity contribution in [2.24, 2.45) is 0 Å². The van der Waals surface area contributed by atoms with Gasteiger partial charge in [0.2, 0.25) is 0 Å². The minimum absolute atomic E-state index is 0.0324. The second-order valence-corrected chi connectivity index (χ2v) is 17.6. The summed E-state index contributed by atoms with van der Waals surface area (Å²) in [6.07, 6.45) is 6.53. The fourth-order valence-corrected chi connectivity index (χ4v) is 11.2. The van der Waals surface area contributed by atoms with E-state index in [4.69, 9.17) is 11.0 Å². The SMILES string of the molecule is C=C1C2N(C)c3cccc4c3N2c2c(ccc3oc5cccc(c5c23)C4(C)C)CCC2c3ccccc3-c3n(-c4c(C(C)C)cccc4C(C)C)cc[n+]3C12. The zero-order valence-electron chi connectivity index (χ0n) is 33.0. The summed E-state index contributed by atoms with van der Waals surface area (Å²) in [5.41, 5.74) is 17.5. The third kappa shape index (κ3) is 4.16. The van der Waals surface area contributed by atoms with E-state index in [0.717, 1.165) is 24.0 Å². The molecule has 274 valence electrons. The predicted octanol–water partition coefficient (Wildman–Crippen LogP) is 12.0. The van der Waals surface area contributed by atoms with Crippen LogP contribution < -0.4 is 14.4 Å². The highest BCUT2D eigenvalue weighted by molar-refractivity contribution is 6.17. The van der Waals surface area contributed by atoms with Crippen LogP contribution in [0.1, 0.15) is 105 Å². The molecule has 0 aliphatic carbocycles. The molecule has 0 bridgehead atoms. The standard InChI is InChI=1S/C50H49N4O/c1-28(2)32-16-11-17-33(29(3)4)46(32)53-27-26-52-44-30(5)48-51(8)39-20-12-19-38-47(39)54(48)45-31(22-24-35(44)34-14-9-10-15-36(34)49(52)53)23-25-41-43(45)42-37(50(38,6)7)18-13-21-40(42)55-41/h9-21,23,25-29,35,44,48H,5,22,24H2,1-4,6-8H3/q+1. The van der Waals surface area contributed by atoms with Gasteiger partial charge in [0, 0.05) is 40.5 Å². The van der Waals surface area contributed by atoms with Crippen molar-refractivity contribution in [1.29, 1.82) is 0 Å². The maximum Gasteiger partial charge on any atom is 0.294 e. The molecule has 4 aliphatic rings. The molecule has 0 amide bonds. The van der Waals surface area contributed by atoms with Crippen LogP contribution >= 0.6 is 0 Å². The largest absolute Gasteiger partial charge is 0.456 e. The van der Waals surface area contributed by atoms with Gasteiger partial charge in [-0.2, -0.15) is 4.57 Å². The summed E-state index contributed by atoms with van der Waals surface area (Å²) in [6.45, 7) is 19.3. The summed E-state index contributed by atoms with van der Waals surface area (Å²) in [7, 11) is 2.29. The van der Waals surface area contributed by atoms with Gasteiger partial charge in [-0.1, -0.05) is 115 Å². The molecule has 6 heterocycles. The van der Waals surface area contributed by atoms with Gasteiger partial charge in [-0.05, 0) is 71.2 Å². The molecule has 0 radical (unpaired) electrons. The molecule has 5 nitrogen and oxygen atoms in total. The number of aromatic nitrogens is 2. The topological polar surface area (TPSA) is 28.4 Å². The van der Waals surface area contributed by atoms with Gasteiger partial charge in [-0.25, -0.2) is 4.57 Å². The van der Waals surface area contributed by atoms with Crippen LogP contribution in [-0.2, 0) is 11.8 Å². The molecule has 3 atom stereocenters. The zero-order valence-corrected chi connectivity index (χ0v) is 33.0. The number of benzene rings is 5. The lowest BCUT2D eigenvalue weighted by Crippen LogP contribution is -2.52. The van der Waals surface area contributed by atoms with Crippen molar-refractivity contribution in [2.75, 3.05) is 16.8 Å². The lowest BCUT2D eigenvalue weighted by molar-refractivity contribution is -0.708. The van der Waals surface area contributed by atoms with Crippen molar-refractivity contribution in [3.63, 3.8) is 0 Å².